The highest BCUT2D eigenvalue weighted by atomic mass is 35.5. The molecule has 1 heterocycles. The van der Waals surface area contributed by atoms with Gasteiger partial charge in [0.15, 0.2) is 0 Å². The number of benzene rings is 2. The molecule has 2 fully saturated rings. The Kier molecular flexibility index (Phi) is 7.03. The number of rotatable bonds is 7. The first kappa shape index (κ1) is 22.0. The fourth-order valence-electron chi connectivity index (χ4n) is 4.42. The van der Waals surface area contributed by atoms with Crippen LogP contribution in [-0.2, 0) is 6.54 Å². The van der Waals surface area contributed by atoms with Crippen LogP contribution in [0.1, 0.15) is 36.8 Å². The Labute approximate surface area is 190 Å². The normalized spacial score (nSPS) is 20.9. The summed E-state index contributed by atoms with van der Waals surface area (Å²) in [6, 6.07) is 13.8. The van der Waals surface area contributed by atoms with E-state index < -0.39 is 0 Å². The molecule has 31 heavy (non-hydrogen) atoms. The highest BCUT2D eigenvalue weighted by molar-refractivity contribution is 6.31. The van der Waals surface area contributed by atoms with Crippen LogP contribution >= 0.6 is 11.6 Å². The van der Waals surface area contributed by atoms with Crippen LogP contribution in [-0.4, -0.2) is 48.6 Å². The Balaban J connectivity index is 1.21. The Morgan fingerprint density at radius 3 is 2.65 bits per heavy atom. The van der Waals surface area contributed by atoms with Crippen LogP contribution in [0.15, 0.2) is 42.5 Å². The zero-order valence-corrected chi connectivity index (χ0v) is 19.2. The van der Waals surface area contributed by atoms with Gasteiger partial charge in [0, 0.05) is 30.8 Å². The molecule has 0 spiro atoms. The molecule has 1 aliphatic carbocycles. The highest BCUT2D eigenvalue weighted by Crippen LogP contribution is 2.33. The third-order valence-corrected chi connectivity index (χ3v) is 6.73. The van der Waals surface area contributed by atoms with Crippen LogP contribution in [0.4, 0.5) is 10.5 Å². The largest absolute Gasteiger partial charge is 0.490 e. The summed E-state index contributed by atoms with van der Waals surface area (Å²) in [5.74, 6) is 1.30. The highest BCUT2D eigenvalue weighted by Gasteiger charge is 2.32. The SMILES string of the molecule is Cc1ccccc1NC(=O)N(C)CC1CC(Oc2ccc(CN3CCCC3)c(Cl)c2)C1. The average molecular weight is 442 g/mol. The second-order valence-electron chi connectivity index (χ2n) is 8.94. The molecule has 2 aliphatic rings. The Morgan fingerprint density at radius 1 is 1.19 bits per heavy atom. The number of para-hydroxylation sites is 1. The van der Waals surface area contributed by atoms with Crippen LogP contribution in [0.2, 0.25) is 5.02 Å². The molecular formula is C25H32ClN3O2. The topological polar surface area (TPSA) is 44.8 Å². The van der Waals surface area contributed by atoms with E-state index in [-0.39, 0.29) is 12.1 Å². The number of nitrogens with zero attached hydrogens (tertiary/aromatic N) is 2. The molecule has 5 nitrogen and oxygen atoms in total. The minimum Gasteiger partial charge on any atom is -0.490 e. The van der Waals surface area contributed by atoms with E-state index in [0.717, 1.165) is 61.0 Å². The van der Waals surface area contributed by atoms with Crippen molar-refractivity contribution in [2.24, 2.45) is 5.92 Å². The molecule has 0 unspecified atom stereocenters. The molecule has 6 heteroatoms. The summed E-state index contributed by atoms with van der Waals surface area (Å²) < 4.78 is 6.12. The Bertz CT molecular complexity index is 907. The van der Waals surface area contributed by atoms with Crippen LogP contribution < -0.4 is 10.1 Å². The molecule has 2 aromatic rings. The third kappa shape index (κ3) is 5.72. The lowest BCUT2D eigenvalue weighted by molar-refractivity contribution is 0.0532. The van der Waals surface area contributed by atoms with Gasteiger partial charge in [0.2, 0.25) is 0 Å². The van der Waals surface area contributed by atoms with Crippen molar-refractivity contribution in [3.63, 3.8) is 0 Å². The van der Waals surface area contributed by atoms with Crippen molar-refractivity contribution >= 4 is 23.3 Å². The maximum Gasteiger partial charge on any atom is 0.321 e. The number of anilines is 1. The predicted molar refractivity (Wildman–Crippen MR) is 126 cm³/mol. The first-order valence-electron chi connectivity index (χ1n) is 11.2. The van der Waals surface area contributed by atoms with E-state index in [0.29, 0.717) is 5.92 Å². The van der Waals surface area contributed by atoms with Gasteiger partial charge in [-0.05, 0) is 80.9 Å². The van der Waals surface area contributed by atoms with Crippen molar-refractivity contribution < 1.29 is 9.53 Å². The van der Waals surface area contributed by atoms with Crippen molar-refractivity contribution in [1.82, 2.24) is 9.80 Å². The zero-order chi connectivity index (χ0) is 21.8. The van der Waals surface area contributed by atoms with Crippen LogP contribution in [0, 0.1) is 12.8 Å². The number of urea groups is 1. The number of aryl methyl sites for hydroxylation is 1. The smallest absolute Gasteiger partial charge is 0.321 e. The lowest BCUT2D eigenvalue weighted by atomic mass is 9.82. The van der Waals surface area contributed by atoms with Gasteiger partial charge in [0.05, 0.1) is 6.10 Å². The quantitative estimate of drug-likeness (QED) is 0.611. The molecule has 0 aromatic heterocycles. The molecular weight excluding hydrogens is 410 g/mol. The summed E-state index contributed by atoms with van der Waals surface area (Å²) in [7, 11) is 1.85. The van der Waals surface area contributed by atoms with E-state index in [2.05, 4.69) is 16.3 Å². The van der Waals surface area contributed by atoms with E-state index in [4.69, 9.17) is 16.3 Å². The van der Waals surface area contributed by atoms with Gasteiger partial charge in [0.1, 0.15) is 5.75 Å². The lowest BCUT2D eigenvalue weighted by Gasteiger charge is -2.37. The second kappa shape index (κ2) is 9.92. The molecule has 0 atom stereocenters. The molecule has 1 aliphatic heterocycles. The first-order valence-corrected chi connectivity index (χ1v) is 11.6. The van der Waals surface area contributed by atoms with Crippen LogP contribution in [0.5, 0.6) is 5.75 Å². The summed E-state index contributed by atoms with van der Waals surface area (Å²) in [6.07, 6.45) is 4.66. The van der Waals surface area contributed by atoms with Gasteiger partial charge in [-0.15, -0.1) is 0 Å². The molecule has 4 rings (SSSR count). The van der Waals surface area contributed by atoms with Gasteiger partial charge in [-0.25, -0.2) is 4.79 Å². The molecule has 166 valence electrons. The van der Waals surface area contributed by atoms with Crippen LogP contribution in [0.25, 0.3) is 0 Å². The number of hydrogen-bond donors (Lipinski definition) is 1. The van der Waals surface area contributed by atoms with E-state index in [9.17, 15) is 4.79 Å². The van der Waals surface area contributed by atoms with E-state index in [1.165, 1.54) is 18.4 Å². The monoisotopic (exact) mass is 441 g/mol. The number of halogens is 1. The molecule has 0 bridgehead atoms. The van der Waals surface area contributed by atoms with Crippen molar-refractivity contribution in [2.75, 3.05) is 32.0 Å². The molecule has 1 saturated heterocycles. The standard InChI is InChI=1S/C25H32ClN3O2/c1-18-7-3-4-8-24(18)27-25(30)28(2)16-19-13-22(14-19)31-21-10-9-20(23(26)15-21)17-29-11-5-6-12-29/h3-4,7-10,15,19,22H,5-6,11-14,16-17H2,1-2H3,(H,27,30). The second-order valence-corrected chi connectivity index (χ2v) is 9.35. The van der Waals surface area contributed by atoms with Gasteiger partial charge in [-0.3, -0.25) is 4.90 Å². The maximum absolute atomic E-state index is 12.5. The zero-order valence-electron chi connectivity index (χ0n) is 18.4. The van der Waals surface area contributed by atoms with E-state index in [1.807, 2.05) is 50.4 Å². The number of hydrogen-bond acceptors (Lipinski definition) is 3. The fraction of sp³-hybridized carbons (Fsp3) is 0.480. The molecule has 0 radical (unpaired) electrons. The van der Waals surface area contributed by atoms with Crippen molar-refractivity contribution in [1.29, 1.82) is 0 Å². The number of amides is 2. The van der Waals surface area contributed by atoms with E-state index in [1.54, 1.807) is 4.90 Å². The van der Waals surface area contributed by atoms with Crippen molar-refractivity contribution in [2.45, 2.75) is 45.3 Å². The maximum atomic E-state index is 12.5. The van der Waals surface area contributed by atoms with Gasteiger partial charge >= 0.3 is 6.03 Å². The van der Waals surface area contributed by atoms with Gasteiger partial charge in [-0.1, -0.05) is 35.9 Å². The lowest BCUT2D eigenvalue weighted by Crippen LogP contribution is -2.43. The summed E-state index contributed by atoms with van der Waals surface area (Å²) in [6.45, 7) is 5.97. The Hall–Kier alpha value is -2.24. The molecule has 2 amide bonds. The van der Waals surface area contributed by atoms with Crippen molar-refractivity contribution in [3.05, 3.63) is 58.6 Å². The minimum atomic E-state index is -0.0703. The molecule has 2 aromatic carbocycles. The minimum absolute atomic E-state index is 0.0703. The predicted octanol–water partition coefficient (Wildman–Crippen LogP) is 5.57. The first-order chi connectivity index (χ1) is 15.0. The van der Waals surface area contributed by atoms with Gasteiger partial charge in [0.25, 0.3) is 0 Å². The van der Waals surface area contributed by atoms with Crippen LogP contribution in [0.3, 0.4) is 0 Å². The average Bonchev–Trinajstić information content (AvgIpc) is 3.23. The number of carbonyl (C=O) groups excluding carboxylic acids is 1. The summed E-state index contributed by atoms with van der Waals surface area (Å²) in [5, 5.41) is 3.77. The third-order valence-electron chi connectivity index (χ3n) is 6.38. The summed E-state index contributed by atoms with van der Waals surface area (Å²) in [5.41, 5.74) is 3.09. The number of likely N-dealkylation sites (tertiary alicyclic amines) is 1. The number of carbonyl (C=O) groups is 1. The van der Waals surface area contributed by atoms with Gasteiger partial charge < -0.3 is 15.0 Å². The summed E-state index contributed by atoms with van der Waals surface area (Å²) >= 11 is 6.50. The summed E-state index contributed by atoms with van der Waals surface area (Å²) in [4.78, 5) is 16.7. The van der Waals surface area contributed by atoms with E-state index >= 15 is 0 Å². The molecule has 1 N–H and O–H groups in total. The van der Waals surface area contributed by atoms with Crippen molar-refractivity contribution in [3.8, 4) is 5.75 Å². The fourth-order valence-corrected chi connectivity index (χ4v) is 4.65. The van der Waals surface area contributed by atoms with Gasteiger partial charge in [-0.2, -0.15) is 0 Å². The number of ether oxygens (including phenoxy) is 1. The number of nitrogens with one attached hydrogen (secondary N) is 1. The molecule has 1 saturated carbocycles. The Morgan fingerprint density at radius 2 is 1.94 bits per heavy atom.